The Balaban J connectivity index is 1.31. The van der Waals surface area contributed by atoms with Crippen molar-refractivity contribution in [1.82, 2.24) is 10.9 Å². The van der Waals surface area contributed by atoms with E-state index >= 15 is 0 Å². The first kappa shape index (κ1) is 13.6. The minimum Gasteiger partial charge on any atom is -0.273 e. The molecule has 2 atom stereocenters. The summed E-state index contributed by atoms with van der Waals surface area (Å²) in [7, 11) is 0. The van der Waals surface area contributed by atoms with E-state index in [2.05, 4.69) is 17.8 Å². The van der Waals surface area contributed by atoms with Crippen LogP contribution < -0.4 is 10.9 Å². The molecule has 0 saturated heterocycles. The summed E-state index contributed by atoms with van der Waals surface area (Å²) in [6, 6.07) is 0. The number of carbonyl (C=O) groups is 2. The van der Waals surface area contributed by atoms with E-state index in [0.29, 0.717) is 12.3 Å². The summed E-state index contributed by atoms with van der Waals surface area (Å²) < 4.78 is 0. The SMILES string of the molecule is C[C@H]1C[C@H]1C(=O)NNC(=O)CC12CC3CC(CC(C3)C1)C2. The van der Waals surface area contributed by atoms with Crippen LogP contribution in [0, 0.1) is 35.0 Å². The molecule has 0 aromatic heterocycles. The fraction of sp³-hybridized carbons (Fsp3) is 0.882. The lowest BCUT2D eigenvalue weighted by Gasteiger charge is -2.56. The molecule has 5 aliphatic rings. The predicted molar refractivity (Wildman–Crippen MR) is 78.8 cm³/mol. The predicted octanol–water partition coefficient (Wildman–Crippen LogP) is 2.40. The Morgan fingerprint density at radius 1 is 0.952 bits per heavy atom. The molecule has 0 aromatic carbocycles. The van der Waals surface area contributed by atoms with Crippen LogP contribution in [0.4, 0.5) is 0 Å². The summed E-state index contributed by atoms with van der Waals surface area (Å²) in [6.45, 7) is 2.07. The van der Waals surface area contributed by atoms with Gasteiger partial charge in [0.2, 0.25) is 11.8 Å². The number of hydrogen-bond acceptors (Lipinski definition) is 2. The van der Waals surface area contributed by atoms with Crippen molar-refractivity contribution in [3.63, 3.8) is 0 Å². The first-order valence-corrected chi connectivity index (χ1v) is 8.62. The van der Waals surface area contributed by atoms with Crippen LogP contribution in [0.3, 0.4) is 0 Å². The van der Waals surface area contributed by atoms with Crippen LogP contribution in [0.15, 0.2) is 0 Å². The van der Waals surface area contributed by atoms with Gasteiger partial charge in [-0.05, 0) is 74.0 Å². The molecule has 5 rings (SSSR count). The van der Waals surface area contributed by atoms with Crippen molar-refractivity contribution in [2.75, 3.05) is 0 Å². The van der Waals surface area contributed by atoms with E-state index in [0.717, 1.165) is 24.2 Å². The topological polar surface area (TPSA) is 58.2 Å². The molecule has 0 aromatic rings. The Bertz CT molecular complexity index is 438. The second kappa shape index (κ2) is 4.72. The number of nitrogens with one attached hydrogen (secondary N) is 2. The highest BCUT2D eigenvalue weighted by molar-refractivity contribution is 5.85. The van der Waals surface area contributed by atoms with Gasteiger partial charge in [-0.25, -0.2) is 0 Å². The minimum atomic E-state index is -0.0126. The highest BCUT2D eigenvalue weighted by Crippen LogP contribution is 2.61. The lowest BCUT2D eigenvalue weighted by Crippen LogP contribution is -2.50. The van der Waals surface area contributed by atoms with Crippen LogP contribution in [0.1, 0.15) is 58.3 Å². The van der Waals surface area contributed by atoms with Crippen molar-refractivity contribution in [3.8, 4) is 0 Å². The van der Waals surface area contributed by atoms with Crippen molar-refractivity contribution in [2.24, 2.45) is 35.0 Å². The monoisotopic (exact) mass is 290 g/mol. The van der Waals surface area contributed by atoms with Crippen molar-refractivity contribution in [1.29, 1.82) is 0 Å². The third-order valence-electron chi connectivity index (χ3n) is 6.47. The molecule has 4 nitrogen and oxygen atoms in total. The molecule has 116 valence electrons. The molecule has 5 aliphatic carbocycles. The summed E-state index contributed by atoms with van der Waals surface area (Å²) in [5, 5.41) is 0. The maximum absolute atomic E-state index is 12.2. The molecular formula is C17H26N2O2. The third-order valence-corrected chi connectivity index (χ3v) is 6.47. The average Bonchev–Trinajstić information content (AvgIpc) is 3.11. The molecule has 0 unspecified atom stereocenters. The highest BCUT2D eigenvalue weighted by atomic mass is 16.2. The largest absolute Gasteiger partial charge is 0.273 e. The van der Waals surface area contributed by atoms with Crippen molar-refractivity contribution < 1.29 is 9.59 Å². The maximum Gasteiger partial charge on any atom is 0.241 e. The van der Waals surface area contributed by atoms with E-state index in [1.807, 2.05) is 0 Å². The average molecular weight is 290 g/mol. The molecule has 0 aliphatic heterocycles. The zero-order chi connectivity index (χ0) is 14.6. The van der Waals surface area contributed by atoms with Crippen LogP contribution in [-0.2, 0) is 9.59 Å². The summed E-state index contributed by atoms with van der Waals surface area (Å²) in [4.78, 5) is 24.0. The first-order valence-electron chi connectivity index (χ1n) is 8.62. The van der Waals surface area contributed by atoms with Gasteiger partial charge in [0.15, 0.2) is 0 Å². The molecule has 2 N–H and O–H groups in total. The van der Waals surface area contributed by atoms with Gasteiger partial charge < -0.3 is 0 Å². The van der Waals surface area contributed by atoms with Gasteiger partial charge in [0.1, 0.15) is 0 Å². The molecule has 4 heteroatoms. The molecular weight excluding hydrogens is 264 g/mol. The third kappa shape index (κ3) is 2.58. The highest BCUT2D eigenvalue weighted by Gasteiger charge is 2.51. The van der Waals surface area contributed by atoms with Crippen LogP contribution in [-0.4, -0.2) is 11.8 Å². The molecule has 0 heterocycles. The smallest absolute Gasteiger partial charge is 0.241 e. The Kier molecular flexibility index (Phi) is 3.05. The minimum absolute atomic E-state index is 0.0126. The first-order chi connectivity index (χ1) is 10.0. The lowest BCUT2D eigenvalue weighted by atomic mass is 9.49. The summed E-state index contributed by atoms with van der Waals surface area (Å²) in [5.74, 6) is 3.19. The van der Waals surface area contributed by atoms with Crippen LogP contribution in [0.25, 0.3) is 0 Å². The number of carbonyl (C=O) groups excluding carboxylic acids is 2. The number of amides is 2. The summed E-state index contributed by atoms with van der Waals surface area (Å²) >= 11 is 0. The number of rotatable bonds is 3. The zero-order valence-corrected chi connectivity index (χ0v) is 12.9. The van der Waals surface area contributed by atoms with E-state index < -0.39 is 0 Å². The van der Waals surface area contributed by atoms with Gasteiger partial charge in [-0.15, -0.1) is 0 Å². The van der Waals surface area contributed by atoms with Crippen LogP contribution in [0.5, 0.6) is 0 Å². The molecule has 21 heavy (non-hydrogen) atoms. The molecule has 0 spiro atoms. The Morgan fingerprint density at radius 3 is 1.95 bits per heavy atom. The molecule has 2 amide bonds. The van der Waals surface area contributed by atoms with Gasteiger partial charge in [-0.2, -0.15) is 0 Å². The molecule has 0 radical (unpaired) electrons. The second-order valence-corrected chi connectivity index (χ2v) is 8.45. The van der Waals surface area contributed by atoms with Crippen molar-refractivity contribution >= 4 is 11.8 Å². The number of hydrazine groups is 1. The molecule has 5 saturated carbocycles. The van der Waals surface area contributed by atoms with Crippen LogP contribution >= 0.6 is 0 Å². The molecule has 4 bridgehead atoms. The van der Waals surface area contributed by atoms with Crippen LogP contribution in [0.2, 0.25) is 0 Å². The summed E-state index contributed by atoms with van der Waals surface area (Å²) in [6.07, 6.45) is 9.47. The zero-order valence-electron chi connectivity index (χ0n) is 12.9. The Labute approximate surface area is 126 Å². The Morgan fingerprint density at radius 2 is 1.48 bits per heavy atom. The van der Waals surface area contributed by atoms with Gasteiger partial charge in [-0.1, -0.05) is 6.92 Å². The summed E-state index contributed by atoms with van der Waals surface area (Å²) in [5.41, 5.74) is 5.53. The fourth-order valence-corrected chi connectivity index (χ4v) is 5.80. The van der Waals surface area contributed by atoms with Crippen molar-refractivity contribution in [3.05, 3.63) is 0 Å². The Hall–Kier alpha value is -1.06. The standard InChI is InChI=1S/C17H26N2O2/c1-10-2-14(10)16(21)19-18-15(20)9-17-6-11-3-12(7-17)5-13(4-11)8-17/h10-14H,2-9H2,1H3,(H,18,20)(H,19,21)/t10-,11?,12?,13?,14+,17?/m0/s1. The quantitative estimate of drug-likeness (QED) is 0.784. The lowest BCUT2D eigenvalue weighted by molar-refractivity contribution is -0.134. The van der Waals surface area contributed by atoms with E-state index in [1.165, 1.54) is 38.5 Å². The van der Waals surface area contributed by atoms with Gasteiger partial charge in [0.25, 0.3) is 0 Å². The second-order valence-electron chi connectivity index (χ2n) is 8.45. The van der Waals surface area contributed by atoms with Gasteiger partial charge in [0.05, 0.1) is 0 Å². The number of hydrogen-bond donors (Lipinski definition) is 2. The van der Waals surface area contributed by atoms with Crippen molar-refractivity contribution in [2.45, 2.75) is 58.3 Å². The van der Waals surface area contributed by atoms with Gasteiger partial charge in [-0.3, -0.25) is 20.4 Å². The van der Waals surface area contributed by atoms with Gasteiger partial charge >= 0.3 is 0 Å². The van der Waals surface area contributed by atoms with E-state index in [9.17, 15) is 9.59 Å². The normalized spacial score (nSPS) is 46.2. The maximum atomic E-state index is 12.2. The molecule has 5 fully saturated rings. The fourth-order valence-electron chi connectivity index (χ4n) is 5.80. The van der Waals surface area contributed by atoms with E-state index in [4.69, 9.17) is 0 Å². The van der Waals surface area contributed by atoms with E-state index in [-0.39, 0.29) is 23.1 Å². The van der Waals surface area contributed by atoms with Gasteiger partial charge in [0, 0.05) is 12.3 Å². The van der Waals surface area contributed by atoms with E-state index in [1.54, 1.807) is 0 Å².